The predicted molar refractivity (Wildman–Crippen MR) is 75.6 cm³/mol. The van der Waals surface area contributed by atoms with Gasteiger partial charge in [0.2, 0.25) is 0 Å². The molecule has 2 aromatic rings. The first-order valence-corrected chi connectivity index (χ1v) is 7.13. The molecule has 1 aliphatic heterocycles. The van der Waals surface area contributed by atoms with Crippen LogP contribution in [0.1, 0.15) is 16.1 Å². The van der Waals surface area contributed by atoms with E-state index in [1.807, 2.05) is 24.3 Å². The smallest absolute Gasteiger partial charge is 0.261 e. The summed E-state index contributed by atoms with van der Waals surface area (Å²) in [6.45, 7) is 1.83. The average molecular weight is 281 g/mol. The van der Waals surface area contributed by atoms with Gasteiger partial charge in [-0.15, -0.1) is 11.3 Å². The molecule has 18 heavy (non-hydrogen) atoms. The van der Waals surface area contributed by atoms with E-state index in [-0.39, 0.29) is 11.9 Å². The van der Waals surface area contributed by atoms with Crippen LogP contribution in [0.4, 0.5) is 0 Å². The molecular formula is C13H13ClN2OS. The van der Waals surface area contributed by atoms with E-state index in [0.29, 0.717) is 5.02 Å². The van der Waals surface area contributed by atoms with Crippen molar-refractivity contribution in [2.45, 2.75) is 12.5 Å². The molecule has 2 heterocycles. The van der Waals surface area contributed by atoms with Crippen molar-refractivity contribution in [2.75, 3.05) is 13.1 Å². The standard InChI is InChI=1S/C13H13ClN2OS/c14-10-2-1-3-11-9(10)6-12(18-11)13(17)16-8-4-5-15-7-8/h1-3,6,8,15H,4-5,7H2,(H,16,17)/t8-/m0/s1. The van der Waals surface area contributed by atoms with Gasteiger partial charge in [0, 0.05) is 27.7 Å². The van der Waals surface area contributed by atoms with Crippen LogP contribution in [-0.2, 0) is 0 Å². The Morgan fingerprint density at radius 3 is 3.11 bits per heavy atom. The molecular weight excluding hydrogens is 268 g/mol. The van der Waals surface area contributed by atoms with Crippen LogP contribution >= 0.6 is 22.9 Å². The normalized spacial score (nSPS) is 19.3. The van der Waals surface area contributed by atoms with Gasteiger partial charge < -0.3 is 10.6 Å². The van der Waals surface area contributed by atoms with Gasteiger partial charge in [-0.1, -0.05) is 17.7 Å². The molecule has 0 aliphatic carbocycles. The molecule has 0 spiro atoms. The maximum atomic E-state index is 12.1. The van der Waals surface area contributed by atoms with E-state index in [4.69, 9.17) is 11.6 Å². The predicted octanol–water partition coefficient (Wildman–Crippen LogP) is 2.65. The highest BCUT2D eigenvalue weighted by molar-refractivity contribution is 7.20. The van der Waals surface area contributed by atoms with Crippen molar-refractivity contribution in [3.8, 4) is 0 Å². The number of fused-ring (bicyclic) bond motifs is 1. The van der Waals surface area contributed by atoms with Gasteiger partial charge in [0.25, 0.3) is 5.91 Å². The first-order valence-electron chi connectivity index (χ1n) is 5.94. The lowest BCUT2D eigenvalue weighted by molar-refractivity contribution is 0.0944. The molecule has 2 N–H and O–H groups in total. The maximum Gasteiger partial charge on any atom is 0.261 e. The van der Waals surface area contributed by atoms with E-state index in [1.54, 1.807) is 0 Å². The molecule has 1 aliphatic rings. The highest BCUT2D eigenvalue weighted by Gasteiger charge is 2.19. The van der Waals surface area contributed by atoms with E-state index in [0.717, 1.165) is 34.5 Å². The van der Waals surface area contributed by atoms with Crippen LogP contribution in [0.5, 0.6) is 0 Å². The lowest BCUT2D eigenvalue weighted by Crippen LogP contribution is -2.35. The van der Waals surface area contributed by atoms with Crippen LogP contribution in [0.15, 0.2) is 24.3 Å². The zero-order valence-electron chi connectivity index (χ0n) is 9.70. The maximum absolute atomic E-state index is 12.1. The second-order valence-corrected chi connectivity index (χ2v) is 5.92. The quantitative estimate of drug-likeness (QED) is 0.888. The number of hydrogen-bond donors (Lipinski definition) is 2. The van der Waals surface area contributed by atoms with Crippen molar-refractivity contribution in [3.63, 3.8) is 0 Å². The molecule has 1 aromatic heterocycles. The third-order valence-electron chi connectivity index (χ3n) is 3.13. The fourth-order valence-electron chi connectivity index (χ4n) is 2.17. The van der Waals surface area contributed by atoms with Crippen LogP contribution in [0, 0.1) is 0 Å². The number of rotatable bonds is 2. The highest BCUT2D eigenvalue weighted by atomic mass is 35.5. The SMILES string of the molecule is O=C(N[C@H]1CCNC1)c1cc2c(Cl)cccc2s1. The van der Waals surface area contributed by atoms with E-state index >= 15 is 0 Å². The molecule has 94 valence electrons. The Bertz CT molecular complexity index is 590. The molecule has 5 heteroatoms. The minimum absolute atomic E-state index is 0.000895. The van der Waals surface area contributed by atoms with Crippen LogP contribution in [0.3, 0.4) is 0 Å². The Hall–Kier alpha value is -1.10. The van der Waals surface area contributed by atoms with E-state index in [9.17, 15) is 4.79 Å². The van der Waals surface area contributed by atoms with Crippen LogP contribution < -0.4 is 10.6 Å². The lowest BCUT2D eigenvalue weighted by Gasteiger charge is -2.09. The molecule has 1 saturated heterocycles. The third kappa shape index (κ3) is 2.23. The molecule has 0 saturated carbocycles. The second kappa shape index (κ2) is 4.88. The Kier molecular flexibility index (Phi) is 3.24. The third-order valence-corrected chi connectivity index (χ3v) is 4.56. The van der Waals surface area contributed by atoms with Crippen LogP contribution in [0.2, 0.25) is 5.02 Å². The fraction of sp³-hybridized carbons (Fsp3) is 0.308. The Morgan fingerprint density at radius 1 is 1.50 bits per heavy atom. The van der Waals surface area contributed by atoms with Gasteiger partial charge in [-0.25, -0.2) is 0 Å². The topological polar surface area (TPSA) is 41.1 Å². The van der Waals surface area contributed by atoms with Gasteiger partial charge >= 0.3 is 0 Å². The van der Waals surface area contributed by atoms with Crippen molar-refractivity contribution in [1.82, 2.24) is 10.6 Å². The molecule has 1 amide bonds. The summed E-state index contributed by atoms with van der Waals surface area (Å²) in [5, 5.41) is 7.93. The first kappa shape index (κ1) is 12.0. The molecule has 3 rings (SSSR count). The number of halogens is 1. The van der Waals surface area contributed by atoms with Gasteiger partial charge in [-0.3, -0.25) is 4.79 Å². The Morgan fingerprint density at radius 2 is 2.39 bits per heavy atom. The summed E-state index contributed by atoms with van der Waals surface area (Å²) in [5.74, 6) is 0.000895. The number of hydrogen-bond acceptors (Lipinski definition) is 3. The lowest BCUT2D eigenvalue weighted by atomic mass is 10.2. The van der Waals surface area contributed by atoms with E-state index < -0.39 is 0 Å². The molecule has 0 bridgehead atoms. The van der Waals surface area contributed by atoms with Crippen LogP contribution in [0.25, 0.3) is 10.1 Å². The Balaban J connectivity index is 1.85. The van der Waals surface area contributed by atoms with Gasteiger partial charge in [-0.05, 0) is 31.2 Å². The summed E-state index contributed by atoms with van der Waals surface area (Å²) >= 11 is 7.60. The number of amides is 1. The molecule has 1 fully saturated rings. The van der Waals surface area contributed by atoms with Crippen molar-refractivity contribution >= 4 is 38.9 Å². The summed E-state index contributed by atoms with van der Waals surface area (Å²) in [5.41, 5.74) is 0. The van der Waals surface area contributed by atoms with Crippen molar-refractivity contribution in [2.24, 2.45) is 0 Å². The molecule has 3 nitrogen and oxygen atoms in total. The summed E-state index contributed by atoms with van der Waals surface area (Å²) < 4.78 is 1.05. The summed E-state index contributed by atoms with van der Waals surface area (Å²) in [6, 6.07) is 7.86. The minimum Gasteiger partial charge on any atom is -0.347 e. The summed E-state index contributed by atoms with van der Waals surface area (Å²) in [7, 11) is 0. The zero-order valence-corrected chi connectivity index (χ0v) is 11.3. The zero-order chi connectivity index (χ0) is 12.5. The molecule has 0 radical (unpaired) electrons. The number of benzene rings is 1. The molecule has 0 unspecified atom stereocenters. The average Bonchev–Trinajstić information content (AvgIpc) is 2.97. The second-order valence-electron chi connectivity index (χ2n) is 4.43. The largest absolute Gasteiger partial charge is 0.347 e. The van der Waals surface area contributed by atoms with Gasteiger partial charge in [0.1, 0.15) is 0 Å². The van der Waals surface area contributed by atoms with E-state index in [2.05, 4.69) is 10.6 Å². The van der Waals surface area contributed by atoms with Gasteiger partial charge in [-0.2, -0.15) is 0 Å². The van der Waals surface area contributed by atoms with Crippen molar-refractivity contribution in [1.29, 1.82) is 0 Å². The number of carbonyl (C=O) groups is 1. The van der Waals surface area contributed by atoms with Gasteiger partial charge in [0.15, 0.2) is 0 Å². The Labute approximate surface area is 114 Å². The van der Waals surface area contributed by atoms with Gasteiger partial charge in [0.05, 0.1) is 4.88 Å². The number of thiophene rings is 1. The first-order chi connectivity index (χ1) is 8.74. The number of nitrogens with one attached hydrogen (secondary N) is 2. The summed E-state index contributed by atoms with van der Waals surface area (Å²) in [4.78, 5) is 12.8. The highest BCUT2D eigenvalue weighted by Crippen LogP contribution is 2.31. The number of carbonyl (C=O) groups excluding carboxylic acids is 1. The minimum atomic E-state index is 0.000895. The van der Waals surface area contributed by atoms with Crippen molar-refractivity contribution < 1.29 is 4.79 Å². The molecule has 1 atom stereocenters. The molecule has 1 aromatic carbocycles. The van der Waals surface area contributed by atoms with E-state index in [1.165, 1.54) is 11.3 Å². The monoisotopic (exact) mass is 280 g/mol. The fourth-order valence-corrected chi connectivity index (χ4v) is 3.45. The van der Waals surface area contributed by atoms with Crippen LogP contribution in [-0.4, -0.2) is 25.0 Å². The van der Waals surface area contributed by atoms with Crippen molar-refractivity contribution in [3.05, 3.63) is 34.2 Å². The summed E-state index contributed by atoms with van der Waals surface area (Å²) in [6.07, 6.45) is 0.997.